The van der Waals surface area contributed by atoms with Gasteiger partial charge in [-0.25, -0.2) is 0 Å². The van der Waals surface area contributed by atoms with Gasteiger partial charge in [0.25, 0.3) is 0 Å². The van der Waals surface area contributed by atoms with Crippen molar-refractivity contribution in [1.82, 2.24) is 0 Å². The fourth-order valence-corrected chi connectivity index (χ4v) is 2.55. The van der Waals surface area contributed by atoms with Crippen molar-refractivity contribution in [3.63, 3.8) is 0 Å². The zero-order valence-electron chi connectivity index (χ0n) is 7.57. The number of benzene rings is 1. The summed E-state index contributed by atoms with van der Waals surface area (Å²) in [6.45, 7) is 4.27. The summed E-state index contributed by atoms with van der Waals surface area (Å²) in [5.74, 6) is 0.920. The van der Waals surface area contributed by atoms with E-state index in [2.05, 4.69) is 35.8 Å². The van der Waals surface area contributed by atoms with Crippen molar-refractivity contribution in [3.8, 4) is 0 Å². The molecule has 0 heterocycles. The third-order valence-electron chi connectivity index (χ3n) is 1.95. The van der Waals surface area contributed by atoms with Crippen LogP contribution in [-0.4, -0.2) is 0 Å². The van der Waals surface area contributed by atoms with Gasteiger partial charge in [0.05, 0.1) is 0 Å². The standard InChI is InChI=1S/C10H11BrCl2/c1-6(2)8-3-7(11)4-10(13)9(8)5-12/h3-4,6H,5H2,1-2H3. The fourth-order valence-electron chi connectivity index (χ4n) is 1.28. The quantitative estimate of drug-likeness (QED) is 0.672. The number of rotatable bonds is 2. The Kier molecular flexibility index (Phi) is 4.08. The molecule has 0 aliphatic heterocycles. The molecule has 3 heteroatoms. The first-order chi connectivity index (χ1) is 6.06. The second-order valence-electron chi connectivity index (χ2n) is 3.24. The van der Waals surface area contributed by atoms with Crippen molar-refractivity contribution >= 4 is 39.1 Å². The zero-order chi connectivity index (χ0) is 10.0. The predicted molar refractivity (Wildman–Crippen MR) is 62.8 cm³/mol. The van der Waals surface area contributed by atoms with Crippen molar-refractivity contribution in [1.29, 1.82) is 0 Å². The van der Waals surface area contributed by atoms with Gasteiger partial charge in [-0.1, -0.05) is 41.4 Å². The Balaban J connectivity index is 3.29. The SMILES string of the molecule is CC(C)c1cc(Br)cc(Cl)c1CCl. The maximum absolute atomic E-state index is 6.06. The first-order valence-electron chi connectivity index (χ1n) is 4.10. The van der Waals surface area contributed by atoms with Crippen LogP contribution in [0.5, 0.6) is 0 Å². The zero-order valence-corrected chi connectivity index (χ0v) is 10.7. The van der Waals surface area contributed by atoms with Crippen LogP contribution in [0.4, 0.5) is 0 Å². The van der Waals surface area contributed by atoms with E-state index >= 15 is 0 Å². The minimum absolute atomic E-state index is 0.448. The Labute approximate surface area is 97.4 Å². The van der Waals surface area contributed by atoms with Crippen molar-refractivity contribution < 1.29 is 0 Å². The molecule has 0 N–H and O–H groups in total. The number of halogens is 3. The summed E-state index contributed by atoms with van der Waals surface area (Å²) in [6.07, 6.45) is 0. The average molecular weight is 282 g/mol. The fraction of sp³-hybridized carbons (Fsp3) is 0.400. The normalized spacial score (nSPS) is 10.9. The van der Waals surface area contributed by atoms with Gasteiger partial charge in [-0.3, -0.25) is 0 Å². The van der Waals surface area contributed by atoms with Crippen LogP contribution in [0.2, 0.25) is 5.02 Å². The Morgan fingerprint density at radius 2 is 2.00 bits per heavy atom. The van der Waals surface area contributed by atoms with E-state index in [1.54, 1.807) is 0 Å². The lowest BCUT2D eigenvalue weighted by molar-refractivity contribution is 0.853. The minimum atomic E-state index is 0.448. The maximum atomic E-state index is 6.06. The lowest BCUT2D eigenvalue weighted by Crippen LogP contribution is -1.95. The molecule has 1 aromatic rings. The summed E-state index contributed by atoms with van der Waals surface area (Å²) in [5.41, 5.74) is 2.26. The van der Waals surface area contributed by atoms with Gasteiger partial charge in [-0.2, -0.15) is 0 Å². The molecule has 72 valence electrons. The third kappa shape index (κ3) is 2.61. The van der Waals surface area contributed by atoms with Crippen molar-refractivity contribution in [2.24, 2.45) is 0 Å². The smallest absolute Gasteiger partial charge is 0.0491 e. The summed E-state index contributed by atoms with van der Waals surface area (Å²) in [4.78, 5) is 0. The molecular weight excluding hydrogens is 271 g/mol. The summed E-state index contributed by atoms with van der Waals surface area (Å²) in [6, 6.07) is 3.96. The highest BCUT2D eigenvalue weighted by Gasteiger charge is 2.10. The van der Waals surface area contributed by atoms with E-state index in [1.165, 1.54) is 5.56 Å². The highest BCUT2D eigenvalue weighted by atomic mass is 79.9. The van der Waals surface area contributed by atoms with Gasteiger partial charge in [-0.15, -0.1) is 11.6 Å². The molecule has 0 unspecified atom stereocenters. The second kappa shape index (κ2) is 4.68. The van der Waals surface area contributed by atoms with Gasteiger partial charge in [0.15, 0.2) is 0 Å². The van der Waals surface area contributed by atoms with Crippen LogP contribution in [0.15, 0.2) is 16.6 Å². The monoisotopic (exact) mass is 280 g/mol. The predicted octanol–water partition coefficient (Wildman–Crippen LogP) is 4.96. The maximum Gasteiger partial charge on any atom is 0.0491 e. The molecule has 1 rings (SSSR count). The molecule has 0 aromatic heterocycles. The molecule has 0 fully saturated rings. The molecule has 0 spiro atoms. The molecule has 0 atom stereocenters. The first kappa shape index (κ1) is 11.4. The van der Waals surface area contributed by atoms with Gasteiger partial charge in [0.1, 0.15) is 0 Å². The molecule has 0 aliphatic rings. The largest absolute Gasteiger partial charge is 0.121 e. The van der Waals surface area contributed by atoms with Crippen molar-refractivity contribution in [3.05, 3.63) is 32.8 Å². The van der Waals surface area contributed by atoms with Crippen LogP contribution in [0.3, 0.4) is 0 Å². The highest BCUT2D eigenvalue weighted by Crippen LogP contribution is 2.31. The van der Waals surface area contributed by atoms with E-state index in [1.807, 2.05) is 6.07 Å². The molecule has 0 saturated heterocycles. The molecule has 0 amide bonds. The van der Waals surface area contributed by atoms with E-state index in [-0.39, 0.29) is 0 Å². The third-order valence-corrected chi connectivity index (χ3v) is 3.01. The van der Waals surface area contributed by atoms with Crippen LogP contribution >= 0.6 is 39.1 Å². The Morgan fingerprint density at radius 3 is 2.46 bits per heavy atom. The Bertz CT molecular complexity index is 308. The summed E-state index contributed by atoms with van der Waals surface area (Å²) in [7, 11) is 0. The number of hydrogen-bond donors (Lipinski definition) is 0. The lowest BCUT2D eigenvalue weighted by Gasteiger charge is -2.12. The summed E-state index contributed by atoms with van der Waals surface area (Å²) < 4.78 is 1.01. The molecular formula is C10H11BrCl2. The van der Waals surface area contributed by atoms with Gasteiger partial charge < -0.3 is 0 Å². The number of alkyl halides is 1. The van der Waals surface area contributed by atoms with Crippen molar-refractivity contribution in [2.45, 2.75) is 25.6 Å². The number of hydrogen-bond acceptors (Lipinski definition) is 0. The molecule has 1 aromatic carbocycles. The lowest BCUT2D eigenvalue weighted by atomic mass is 9.98. The van der Waals surface area contributed by atoms with E-state index in [0.29, 0.717) is 11.8 Å². The van der Waals surface area contributed by atoms with Gasteiger partial charge in [0.2, 0.25) is 0 Å². The van der Waals surface area contributed by atoms with E-state index < -0.39 is 0 Å². The Hall–Kier alpha value is 0.280. The van der Waals surface area contributed by atoms with Gasteiger partial charge >= 0.3 is 0 Å². The molecule has 0 nitrogen and oxygen atoms in total. The van der Waals surface area contributed by atoms with Gasteiger partial charge in [-0.05, 0) is 29.2 Å². The molecule has 13 heavy (non-hydrogen) atoms. The van der Waals surface area contributed by atoms with Crippen LogP contribution in [-0.2, 0) is 5.88 Å². The van der Waals surface area contributed by atoms with E-state index in [0.717, 1.165) is 15.1 Å². The second-order valence-corrected chi connectivity index (χ2v) is 4.83. The minimum Gasteiger partial charge on any atom is -0.121 e. The van der Waals surface area contributed by atoms with Crippen LogP contribution < -0.4 is 0 Å². The van der Waals surface area contributed by atoms with E-state index in [9.17, 15) is 0 Å². The Morgan fingerprint density at radius 1 is 1.38 bits per heavy atom. The molecule has 0 bridgehead atoms. The summed E-state index contributed by atoms with van der Waals surface area (Å²) >= 11 is 15.3. The average Bonchev–Trinajstić information content (AvgIpc) is 2.02. The van der Waals surface area contributed by atoms with Crippen LogP contribution in [0, 0.1) is 0 Å². The van der Waals surface area contributed by atoms with Crippen LogP contribution in [0.1, 0.15) is 30.9 Å². The van der Waals surface area contributed by atoms with Crippen LogP contribution in [0.25, 0.3) is 0 Å². The summed E-state index contributed by atoms with van der Waals surface area (Å²) in [5, 5.41) is 0.744. The molecule has 0 saturated carbocycles. The van der Waals surface area contributed by atoms with E-state index in [4.69, 9.17) is 23.2 Å². The molecule has 0 aliphatic carbocycles. The van der Waals surface area contributed by atoms with Crippen molar-refractivity contribution in [2.75, 3.05) is 0 Å². The first-order valence-corrected chi connectivity index (χ1v) is 5.80. The topological polar surface area (TPSA) is 0 Å². The van der Waals surface area contributed by atoms with Gasteiger partial charge in [0, 0.05) is 15.4 Å². The highest BCUT2D eigenvalue weighted by molar-refractivity contribution is 9.10. The molecule has 0 radical (unpaired) electrons.